The Morgan fingerprint density at radius 1 is 1.10 bits per heavy atom. The highest BCUT2D eigenvalue weighted by molar-refractivity contribution is 8.06. The van der Waals surface area contributed by atoms with Crippen molar-refractivity contribution in [1.82, 2.24) is 9.80 Å². The molecule has 3 aliphatic rings. The smallest absolute Gasteiger partial charge is 0.241 e. The Bertz CT molecular complexity index is 695. The maximum atomic E-state index is 12.7. The van der Waals surface area contributed by atoms with Gasteiger partial charge in [0.1, 0.15) is 4.90 Å². The normalized spacial score (nSPS) is 30.9. The molecule has 5 nitrogen and oxygen atoms in total. The predicted molar refractivity (Wildman–Crippen MR) is 81.4 cm³/mol. The van der Waals surface area contributed by atoms with Crippen LogP contribution in [0.3, 0.4) is 0 Å². The number of hydrogen-bond donors (Lipinski definition) is 0. The first-order valence-corrected chi connectivity index (χ1v) is 8.88. The molecule has 3 aliphatic heterocycles. The van der Waals surface area contributed by atoms with E-state index in [1.54, 1.807) is 18.2 Å². The van der Waals surface area contributed by atoms with Gasteiger partial charge in [0.15, 0.2) is 0 Å². The van der Waals surface area contributed by atoms with E-state index in [9.17, 15) is 8.42 Å². The van der Waals surface area contributed by atoms with Gasteiger partial charge >= 0.3 is 0 Å². The first-order chi connectivity index (χ1) is 10.0. The summed E-state index contributed by atoms with van der Waals surface area (Å²) in [6, 6.07) is 7.02. The van der Waals surface area contributed by atoms with Gasteiger partial charge in [0.25, 0.3) is 0 Å². The Hall–Kier alpha value is -1.40. The number of likely N-dealkylation sites (tertiary alicyclic amines) is 2. The van der Waals surface area contributed by atoms with Crippen LogP contribution in [-0.2, 0) is 9.84 Å². The molecule has 3 heterocycles. The predicted octanol–water partition coefficient (Wildman–Crippen LogP) is 1.34. The van der Waals surface area contributed by atoms with Crippen LogP contribution >= 0.6 is 0 Å². The number of para-hydroxylation sites is 1. The van der Waals surface area contributed by atoms with Crippen LogP contribution in [0.5, 0.6) is 0 Å². The molecule has 0 N–H and O–H groups in total. The summed E-state index contributed by atoms with van der Waals surface area (Å²) in [6.45, 7) is 3.69. The van der Waals surface area contributed by atoms with Gasteiger partial charge in [0.05, 0.1) is 5.69 Å². The third-order valence-corrected chi connectivity index (χ3v) is 6.40. The SMILES string of the molecule is CN1CC2CC(C1)CN(C1=Nc3ccccc3S1(=O)=O)C2. The zero-order valence-electron chi connectivity index (χ0n) is 12.1. The standard InChI is InChI=1S/C15H19N3O2S/c1-17-7-11-6-12(8-17)10-18(9-11)15-16-13-4-2-3-5-14(13)21(15,19)20/h2-5,11-12H,6-10H2,1H3. The lowest BCUT2D eigenvalue weighted by atomic mass is 9.85. The molecule has 1 aromatic rings. The lowest BCUT2D eigenvalue weighted by Gasteiger charge is -2.45. The molecule has 6 heteroatoms. The van der Waals surface area contributed by atoms with E-state index in [1.165, 1.54) is 6.42 Å². The fraction of sp³-hybridized carbons (Fsp3) is 0.533. The average molecular weight is 305 g/mol. The molecule has 2 bridgehead atoms. The molecule has 2 atom stereocenters. The first kappa shape index (κ1) is 13.3. The number of rotatable bonds is 0. The van der Waals surface area contributed by atoms with Crippen molar-refractivity contribution in [1.29, 1.82) is 0 Å². The molecule has 2 fully saturated rings. The van der Waals surface area contributed by atoms with E-state index in [0.29, 0.717) is 22.4 Å². The third kappa shape index (κ3) is 2.08. The number of fused-ring (bicyclic) bond motifs is 3. The highest BCUT2D eigenvalue weighted by Crippen LogP contribution is 2.36. The van der Waals surface area contributed by atoms with Crippen molar-refractivity contribution >= 4 is 20.7 Å². The van der Waals surface area contributed by atoms with Crippen LogP contribution in [0.4, 0.5) is 5.69 Å². The number of nitrogens with zero attached hydrogens (tertiary/aromatic N) is 3. The Morgan fingerprint density at radius 3 is 2.43 bits per heavy atom. The second-order valence-corrected chi connectivity index (χ2v) is 8.27. The largest absolute Gasteiger partial charge is 0.346 e. The van der Waals surface area contributed by atoms with Gasteiger partial charge in [-0.25, -0.2) is 13.4 Å². The van der Waals surface area contributed by atoms with Gasteiger partial charge in [-0.15, -0.1) is 0 Å². The number of sulfone groups is 1. The zero-order valence-corrected chi connectivity index (χ0v) is 12.9. The Balaban J connectivity index is 1.67. The number of piperidine rings is 2. The van der Waals surface area contributed by atoms with Crippen LogP contribution in [0.2, 0.25) is 0 Å². The van der Waals surface area contributed by atoms with E-state index in [-0.39, 0.29) is 5.17 Å². The molecular formula is C15H19N3O2S. The van der Waals surface area contributed by atoms with Crippen LogP contribution in [0.15, 0.2) is 34.2 Å². The Labute approximate surface area is 125 Å². The second kappa shape index (κ2) is 4.55. The molecule has 112 valence electrons. The molecular weight excluding hydrogens is 286 g/mol. The minimum atomic E-state index is -3.43. The second-order valence-electron chi connectivity index (χ2n) is 6.46. The van der Waals surface area contributed by atoms with Gasteiger partial charge < -0.3 is 9.80 Å². The van der Waals surface area contributed by atoms with Crippen molar-refractivity contribution in [3.05, 3.63) is 24.3 Å². The molecule has 0 aliphatic carbocycles. The summed E-state index contributed by atoms with van der Waals surface area (Å²) < 4.78 is 25.4. The summed E-state index contributed by atoms with van der Waals surface area (Å²) in [4.78, 5) is 9.13. The summed E-state index contributed by atoms with van der Waals surface area (Å²) >= 11 is 0. The van der Waals surface area contributed by atoms with Crippen molar-refractivity contribution < 1.29 is 8.42 Å². The summed E-state index contributed by atoms with van der Waals surface area (Å²) in [7, 11) is -1.28. The van der Waals surface area contributed by atoms with Gasteiger partial charge in [-0.05, 0) is 37.4 Å². The molecule has 4 rings (SSSR count). The molecule has 2 unspecified atom stereocenters. The minimum Gasteiger partial charge on any atom is -0.346 e. The van der Waals surface area contributed by atoms with Gasteiger partial charge in [0.2, 0.25) is 15.0 Å². The molecule has 0 saturated carbocycles. The molecule has 0 aromatic heterocycles. The number of amidine groups is 1. The molecule has 21 heavy (non-hydrogen) atoms. The Morgan fingerprint density at radius 2 is 1.76 bits per heavy atom. The summed E-state index contributed by atoms with van der Waals surface area (Å²) in [5, 5.41) is 0.267. The highest BCUT2D eigenvalue weighted by atomic mass is 32.2. The number of benzene rings is 1. The van der Waals surface area contributed by atoms with Gasteiger partial charge in [-0.1, -0.05) is 12.1 Å². The lowest BCUT2D eigenvalue weighted by molar-refractivity contribution is 0.0774. The molecule has 0 radical (unpaired) electrons. The van der Waals surface area contributed by atoms with Crippen molar-refractivity contribution in [2.45, 2.75) is 11.3 Å². The van der Waals surface area contributed by atoms with Gasteiger partial charge in [-0.3, -0.25) is 0 Å². The van der Waals surface area contributed by atoms with E-state index >= 15 is 0 Å². The summed E-state index contributed by atoms with van der Waals surface area (Å²) in [6.07, 6.45) is 1.21. The highest BCUT2D eigenvalue weighted by Gasteiger charge is 2.40. The first-order valence-electron chi connectivity index (χ1n) is 7.40. The van der Waals surface area contributed by atoms with Crippen molar-refractivity contribution in [3.8, 4) is 0 Å². The third-order valence-electron chi connectivity index (χ3n) is 4.65. The number of hydrogen-bond acceptors (Lipinski definition) is 5. The maximum Gasteiger partial charge on any atom is 0.241 e. The number of aliphatic imine (C=N–C) groups is 1. The van der Waals surface area contributed by atoms with Crippen LogP contribution < -0.4 is 0 Å². The fourth-order valence-electron chi connectivity index (χ4n) is 3.97. The van der Waals surface area contributed by atoms with E-state index in [0.717, 1.165) is 26.2 Å². The van der Waals surface area contributed by atoms with Crippen LogP contribution in [0.1, 0.15) is 6.42 Å². The molecule has 0 amide bonds. The zero-order chi connectivity index (χ0) is 14.6. The molecule has 0 spiro atoms. The quantitative estimate of drug-likeness (QED) is 0.726. The van der Waals surface area contributed by atoms with Crippen LogP contribution in [0.25, 0.3) is 0 Å². The van der Waals surface area contributed by atoms with Gasteiger partial charge in [0, 0.05) is 26.2 Å². The summed E-state index contributed by atoms with van der Waals surface area (Å²) in [5.41, 5.74) is 0.584. The molecule has 2 saturated heterocycles. The van der Waals surface area contributed by atoms with E-state index in [2.05, 4.69) is 16.9 Å². The minimum absolute atomic E-state index is 0.267. The van der Waals surface area contributed by atoms with Crippen molar-refractivity contribution in [2.24, 2.45) is 16.8 Å². The van der Waals surface area contributed by atoms with E-state index in [4.69, 9.17) is 0 Å². The topological polar surface area (TPSA) is 53.0 Å². The Kier molecular flexibility index (Phi) is 2.87. The van der Waals surface area contributed by atoms with E-state index in [1.807, 2.05) is 11.0 Å². The maximum absolute atomic E-state index is 12.7. The fourth-order valence-corrected chi connectivity index (χ4v) is 5.53. The van der Waals surface area contributed by atoms with Gasteiger partial charge in [-0.2, -0.15) is 0 Å². The lowest BCUT2D eigenvalue weighted by Crippen LogP contribution is -2.53. The van der Waals surface area contributed by atoms with Crippen molar-refractivity contribution in [3.63, 3.8) is 0 Å². The van der Waals surface area contributed by atoms with Crippen LogP contribution in [0, 0.1) is 11.8 Å². The monoisotopic (exact) mass is 305 g/mol. The average Bonchev–Trinajstić information content (AvgIpc) is 2.70. The van der Waals surface area contributed by atoms with E-state index < -0.39 is 9.84 Å². The summed E-state index contributed by atoms with van der Waals surface area (Å²) in [5.74, 6) is 1.09. The van der Waals surface area contributed by atoms with Crippen molar-refractivity contribution in [2.75, 3.05) is 33.2 Å². The molecule has 1 aromatic carbocycles. The van der Waals surface area contributed by atoms with Crippen LogP contribution in [-0.4, -0.2) is 56.6 Å².